The number of nitriles is 1. The first kappa shape index (κ1) is 27.7. The molecule has 222 valence electrons. The van der Waals surface area contributed by atoms with Gasteiger partial charge in [0.1, 0.15) is 11.9 Å². The van der Waals surface area contributed by atoms with Gasteiger partial charge in [0.25, 0.3) is 5.91 Å². The summed E-state index contributed by atoms with van der Waals surface area (Å²) >= 11 is 0. The largest absolute Gasteiger partial charge is 0.355 e. The summed E-state index contributed by atoms with van der Waals surface area (Å²) in [6, 6.07) is 13.8. The number of carbonyl (C=O) groups is 1. The van der Waals surface area contributed by atoms with Crippen molar-refractivity contribution in [1.82, 2.24) is 35.7 Å². The Morgan fingerprint density at radius 2 is 1.88 bits per heavy atom. The van der Waals surface area contributed by atoms with Gasteiger partial charge < -0.3 is 15.1 Å². The van der Waals surface area contributed by atoms with Crippen molar-refractivity contribution >= 4 is 5.91 Å². The Balaban J connectivity index is 1.22. The molecule has 2 unspecified atom stereocenters. The van der Waals surface area contributed by atoms with Crippen LogP contribution in [0, 0.1) is 23.1 Å². The standard InChI is InChI=1S/C33H37FN8O/c1-21(42-27(19-35)17-25-18-30(25)42)20-36-12-11-33(32-37-39-40-38-32)28-9-7-24(31(43)41-13-3-2-4-14-41)15-22(28)5-6-23-16-26(34)8-10-29(23)33/h7-10,15-16,25,27,30,36H,1-6,11-14,17-18,20H2,(H,37,38,39,40)/t25-,27?,30+,33?/m1/s1. The van der Waals surface area contributed by atoms with Gasteiger partial charge in [-0.25, -0.2) is 9.49 Å². The van der Waals surface area contributed by atoms with Crippen LogP contribution in [-0.2, 0) is 18.3 Å². The molecule has 43 heavy (non-hydrogen) atoms. The number of hydrogen-bond donors (Lipinski definition) is 2. The fraction of sp³-hybridized carbons (Fsp3) is 0.485. The molecule has 2 aliphatic carbocycles. The molecule has 0 spiro atoms. The van der Waals surface area contributed by atoms with Crippen molar-refractivity contribution in [3.05, 3.63) is 88.1 Å². The van der Waals surface area contributed by atoms with Crippen molar-refractivity contribution in [1.29, 1.82) is 5.26 Å². The number of piperidine rings is 2. The molecule has 2 N–H and O–H groups in total. The van der Waals surface area contributed by atoms with Crippen LogP contribution in [0.5, 0.6) is 0 Å². The van der Waals surface area contributed by atoms with E-state index in [0.29, 0.717) is 55.7 Å². The van der Waals surface area contributed by atoms with E-state index >= 15 is 0 Å². The molecule has 1 aromatic heterocycles. The highest BCUT2D eigenvalue weighted by atomic mass is 19.1. The number of halogens is 1. The van der Waals surface area contributed by atoms with Gasteiger partial charge in [-0.05, 0) is 121 Å². The van der Waals surface area contributed by atoms with Crippen LogP contribution >= 0.6 is 0 Å². The van der Waals surface area contributed by atoms with Gasteiger partial charge in [0, 0.05) is 36.9 Å². The summed E-state index contributed by atoms with van der Waals surface area (Å²) in [4.78, 5) is 17.6. The van der Waals surface area contributed by atoms with E-state index in [9.17, 15) is 14.4 Å². The van der Waals surface area contributed by atoms with Crippen molar-refractivity contribution in [2.75, 3.05) is 26.2 Å². The number of amides is 1. The van der Waals surface area contributed by atoms with Gasteiger partial charge in [-0.15, -0.1) is 5.10 Å². The Morgan fingerprint density at radius 3 is 2.63 bits per heavy atom. The first-order chi connectivity index (χ1) is 21.0. The lowest BCUT2D eigenvalue weighted by molar-refractivity contribution is 0.0724. The zero-order valence-electron chi connectivity index (χ0n) is 24.4. The fourth-order valence-electron chi connectivity index (χ4n) is 7.84. The van der Waals surface area contributed by atoms with E-state index in [1.54, 1.807) is 6.07 Å². The van der Waals surface area contributed by atoms with Crippen LogP contribution in [-0.4, -0.2) is 74.6 Å². The average molecular weight is 581 g/mol. The van der Waals surface area contributed by atoms with Gasteiger partial charge in [0.2, 0.25) is 0 Å². The maximum Gasteiger partial charge on any atom is 0.253 e. The number of fused-ring (bicyclic) bond motifs is 3. The van der Waals surface area contributed by atoms with Crippen molar-refractivity contribution in [2.45, 2.75) is 68.9 Å². The summed E-state index contributed by atoms with van der Waals surface area (Å²) in [6.07, 6.45) is 7.21. The molecule has 3 aromatic rings. The van der Waals surface area contributed by atoms with Crippen LogP contribution in [0.15, 0.2) is 48.7 Å². The minimum atomic E-state index is -0.788. The third-order valence-corrected chi connectivity index (χ3v) is 10.0. The number of tetrazole rings is 1. The second-order valence-corrected chi connectivity index (χ2v) is 12.5. The van der Waals surface area contributed by atoms with Crippen molar-refractivity contribution in [2.24, 2.45) is 5.92 Å². The number of H-pyrrole nitrogens is 1. The molecule has 1 saturated carbocycles. The number of nitrogens with zero attached hydrogens (tertiary/aromatic N) is 6. The van der Waals surface area contributed by atoms with Crippen molar-refractivity contribution in [3.8, 4) is 6.07 Å². The van der Waals surface area contributed by atoms with E-state index in [4.69, 9.17) is 0 Å². The SMILES string of the molecule is C=C(CNCCC1(c2nnn[nH]2)c2ccc(F)cc2CCc2cc(C(=O)N3CCCCC3)ccc21)N1C(C#N)C[C@@H]2C[C@@H]21. The van der Waals surface area contributed by atoms with E-state index in [0.717, 1.165) is 73.1 Å². The van der Waals surface area contributed by atoms with Crippen LogP contribution < -0.4 is 5.32 Å². The fourth-order valence-corrected chi connectivity index (χ4v) is 7.84. The number of aryl methyl sites for hydroxylation is 2. The van der Waals surface area contributed by atoms with E-state index in [1.807, 2.05) is 23.1 Å². The summed E-state index contributed by atoms with van der Waals surface area (Å²) in [5.41, 5.74) is 4.79. The minimum Gasteiger partial charge on any atom is -0.355 e. The van der Waals surface area contributed by atoms with Crippen LogP contribution in [0.4, 0.5) is 4.39 Å². The highest BCUT2D eigenvalue weighted by Gasteiger charge is 2.52. The van der Waals surface area contributed by atoms with Gasteiger partial charge in [-0.3, -0.25) is 4.79 Å². The van der Waals surface area contributed by atoms with Crippen LogP contribution in [0.3, 0.4) is 0 Å². The number of aromatic amines is 1. The second-order valence-electron chi connectivity index (χ2n) is 12.5. The maximum absolute atomic E-state index is 14.6. The Labute approximate surface area is 251 Å². The Kier molecular flexibility index (Phi) is 7.21. The molecule has 10 heteroatoms. The summed E-state index contributed by atoms with van der Waals surface area (Å²) in [7, 11) is 0. The molecule has 4 atom stereocenters. The zero-order valence-corrected chi connectivity index (χ0v) is 24.4. The van der Waals surface area contributed by atoms with Crippen molar-refractivity contribution < 1.29 is 9.18 Å². The number of carbonyl (C=O) groups excluding carboxylic acids is 1. The average Bonchev–Trinajstić information content (AvgIpc) is 3.42. The summed E-state index contributed by atoms with van der Waals surface area (Å²) in [5.74, 6) is 0.998. The van der Waals surface area contributed by atoms with E-state index < -0.39 is 5.41 Å². The molecule has 4 aliphatic rings. The van der Waals surface area contributed by atoms with E-state index in [2.05, 4.69) is 49.6 Å². The quantitative estimate of drug-likeness (QED) is 0.389. The molecular formula is C33H37FN8O. The second kappa shape index (κ2) is 11.2. The van der Waals surface area contributed by atoms with Gasteiger partial charge in [-0.1, -0.05) is 18.7 Å². The molecule has 1 amide bonds. The Bertz CT molecular complexity index is 1580. The molecule has 0 radical (unpaired) electrons. The first-order valence-electron chi connectivity index (χ1n) is 15.5. The summed E-state index contributed by atoms with van der Waals surface area (Å²) in [6.45, 7) is 7.07. The lowest BCUT2D eigenvalue weighted by Gasteiger charge is -2.35. The maximum atomic E-state index is 14.6. The number of rotatable bonds is 8. The van der Waals surface area contributed by atoms with Gasteiger partial charge in [0.05, 0.1) is 11.5 Å². The Hall–Kier alpha value is -4.10. The third-order valence-electron chi connectivity index (χ3n) is 10.0. The highest BCUT2D eigenvalue weighted by Crippen LogP contribution is 2.49. The van der Waals surface area contributed by atoms with Gasteiger partial charge >= 0.3 is 0 Å². The number of nitrogens with one attached hydrogen (secondary N) is 2. The normalized spacial score (nSPS) is 25.7. The molecule has 9 nitrogen and oxygen atoms in total. The smallest absolute Gasteiger partial charge is 0.253 e. The van der Waals surface area contributed by atoms with E-state index in [-0.39, 0.29) is 17.8 Å². The minimum absolute atomic E-state index is 0.0675. The summed E-state index contributed by atoms with van der Waals surface area (Å²) < 4.78 is 14.6. The molecule has 2 saturated heterocycles. The lowest BCUT2D eigenvalue weighted by Crippen LogP contribution is -2.39. The number of benzene rings is 2. The first-order valence-corrected chi connectivity index (χ1v) is 15.5. The van der Waals surface area contributed by atoms with Crippen LogP contribution in [0.2, 0.25) is 0 Å². The van der Waals surface area contributed by atoms with Crippen molar-refractivity contribution in [3.63, 3.8) is 0 Å². The van der Waals surface area contributed by atoms with Crippen LogP contribution in [0.25, 0.3) is 0 Å². The molecule has 0 bridgehead atoms. The Morgan fingerprint density at radius 1 is 1.12 bits per heavy atom. The molecule has 3 heterocycles. The zero-order chi connectivity index (χ0) is 29.6. The number of aromatic nitrogens is 4. The predicted octanol–water partition coefficient (Wildman–Crippen LogP) is 3.88. The third kappa shape index (κ3) is 4.89. The number of likely N-dealkylation sites (tertiary alicyclic amines) is 2. The highest BCUT2D eigenvalue weighted by molar-refractivity contribution is 5.94. The molecular weight excluding hydrogens is 543 g/mol. The summed E-state index contributed by atoms with van der Waals surface area (Å²) in [5, 5.41) is 28.6. The predicted molar refractivity (Wildman–Crippen MR) is 158 cm³/mol. The molecule has 3 fully saturated rings. The van der Waals surface area contributed by atoms with Gasteiger partial charge in [-0.2, -0.15) is 5.26 Å². The van der Waals surface area contributed by atoms with Gasteiger partial charge in [0.15, 0.2) is 5.82 Å². The molecule has 7 rings (SSSR count). The number of hydrogen-bond acceptors (Lipinski definition) is 7. The van der Waals surface area contributed by atoms with E-state index in [1.165, 1.54) is 6.07 Å². The lowest BCUT2D eigenvalue weighted by atomic mass is 9.69. The molecule has 2 aliphatic heterocycles. The molecule has 2 aromatic carbocycles. The topological polar surface area (TPSA) is 114 Å². The monoisotopic (exact) mass is 580 g/mol. The van der Waals surface area contributed by atoms with Crippen LogP contribution in [0.1, 0.15) is 77.0 Å².